The van der Waals surface area contributed by atoms with Gasteiger partial charge < -0.3 is 9.88 Å². The monoisotopic (exact) mass is 406 g/mol. The van der Waals surface area contributed by atoms with Gasteiger partial charge >= 0.3 is 0 Å². The van der Waals surface area contributed by atoms with Gasteiger partial charge in [0, 0.05) is 18.7 Å². The molecule has 5 nitrogen and oxygen atoms in total. The van der Waals surface area contributed by atoms with Crippen molar-refractivity contribution in [3.8, 4) is 11.4 Å². The molecule has 1 fully saturated rings. The number of aromatic nitrogens is 3. The highest BCUT2D eigenvalue weighted by Crippen LogP contribution is 2.31. The van der Waals surface area contributed by atoms with Crippen LogP contribution in [-0.4, -0.2) is 32.0 Å². The van der Waals surface area contributed by atoms with Gasteiger partial charge in [-0.3, -0.25) is 4.79 Å². The number of nitrogens with zero attached hydrogens (tertiary/aromatic N) is 3. The zero-order valence-electron chi connectivity index (χ0n) is 16.3. The lowest BCUT2D eigenvalue weighted by Crippen LogP contribution is -2.46. The summed E-state index contributed by atoms with van der Waals surface area (Å²) in [7, 11) is 1.90. The van der Waals surface area contributed by atoms with Crippen LogP contribution in [0.3, 0.4) is 0 Å². The van der Waals surface area contributed by atoms with E-state index in [1.165, 1.54) is 24.6 Å². The molecule has 1 aromatic carbocycles. The fourth-order valence-electron chi connectivity index (χ4n) is 3.59. The Kier molecular flexibility index (Phi) is 6.48. The molecule has 4 atom stereocenters. The second-order valence-electron chi connectivity index (χ2n) is 7.49. The summed E-state index contributed by atoms with van der Waals surface area (Å²) < 4.78 is 1.89. The molecule has 1 amide bonds. The minimum atomic E-state index is -0.239. The predicted octanol–water partition coefficient (Wildman–Crippen LogP) is 4.56. The number of carbonyl (C=O) groups is 1. The van der Waals surface area contributed by atoms with Crippen LogP contribution in [0.2, 0.25) is 5.02 Å². The van der Waals surface area contributed by atoms with E-state index in [0.29, 0.717) is 27.8 Å². The Morgan fingerprint density at radius 2 is 2.04 bits per heavy atom. The van der Waals surface area contributed by atoms with Crippen molar-refractivity contribution in [3.63, 3.8) is 0 Å². The van der Waals surface area contributed by atoms with Gasteiger partial charge in [-0.05, 0) is 37.3 Å². The predicted molar refractivity (Wildman–Crippen MR) is 111 cm³/mol. The molecule has 0 aliphatic heterocycles. The molecular weight excluding hydrogens is 380 g/mol. The Bertz CT molecular complexity index is 809. The maximum Gasteiger partial charge on any atom is 0.233 e. The molecule has 0 unspecified atom stereocenters. The first-order valence-corrected chi connectivity index (χ1v) is 10.8. The first-order chi connectivity index (χ1) is 12.9. The van der Waals surface area contributed by atoms with Crippen molar-refractivity contribution in [3.05, 3.63) is 29.3 Å². The molecule has 0 bridgehead atoms. The van der Waals surface area contributed by atoms with E-state index in [2.05, 4.69) is 29.4 Å². The van der Waals surface area contributed by atoms with Gasteiger partial charge in [0.05, 0.1) is 10.3 Å². The van der Waals surface area contributed by atoms with Crippen LogP contribution in [0.4, 0.5) is 0 Å². The van der Waals surface area contributed by atoms with Crippen molar-refractivity contribution in [1.29, 1.82) is 0 Å². The van der Waals surface area contributed by atoms with Gasteiger partial charge in [0.2, 0.25) is 5.91 Å². The smallest absolute Gasteiger partial charge is 0.233 e. The van der Waals surface area contributed by atoms with Gasteiger partial charge in [0.1, 0.15) is 0 Å². The van der Waals surface area contributed by atoms with Crippen LogP contribution in [0.25, 0.3) is 11.4 Å². The number of amides is 1. The van der Waals surface area contributed by atoms with E-state index in [4.69, 9.17) is 11.6 Å². The maximum atomic E-state index is 12.7. The summed E-state index contributed by atoms with van der Waals surface area (Å²) in [5, 5.41) is 12.9. The van der Waals surface area contributed by atoms with Gasteiger partial charge in [-0.25, -0.2) is 0 Å². The van der Waals surface area contributed by atoms with Crippen LogP contribution in [0.5, 0.6) is 0 Å². The van der Waals surface area contributed by atoms with Crippen LogP contribution in [0.15, 0.2) is 29.4 Å². The van der Waals surface area contributed by atoms with E-state index in [1.807, 2.05) is 42.8 Å². The van der Waals surface area contributed by atoms with Crippen LogP contribution in [0, 0.1) is 11.8 Å². The van der Waals surface area contributed by atoms with E-state index in [0.717, 1.165) is 12.0 Å². The quantitative estimate of drug-likeness (QED) is 0.739. The van der Waals surface area contributed by atoms with E-state index in [9.17, 15) is 4.79 Å². The van der Waals surface area contributed by atoms with Crippen LogP contribution in [0.1, 0.15) is 40.0 Å². The number of rotatable bonds is 5. The largest absolute Gasteiger partial charge is 0.352 e. The summed E-state index contributed by atoms with van der Waals surface area (Å²) in [4.78, 5) is 12.7. The molecule has 1 aliphatic rings. The van der Waals surface area contributed by atoms with E-state index < -0.39 is 0 Å². The fourth-order valence-corrected chi connectivity index (χ4v) is 4.64. The number of carbonyl (C=O) groups excluding carboxylic acids is 1. The molecule has 1 aliphatic carbocycles. The summed E-state index contributed by atoms with van der Waals surface area (Å²) >= 11 is 7.70. The highest BCUT2D eigenvalue weighted by atomic mass is 35.5. The Morgan fingerprint density at radius 3 is 2.78 bits per heavy atom. The molecule has 1 heterocycles. The SMILES string of the molecule is C[C@@H]1[C@H](C)CCC[C@H]1NC(=O)[C@H](C)Sc1nnc(-c2ccccc2Cl)n1C. The van der Waals surface area contributed by atoms with Crippen LogP contribution in [-0.2, 0) is 11.8 Å². The Labute approximate surface area is 170 Å². The molecule has 146 valence electrons. The standard InChI is InChI=1S/C20H27ClN4OS/c1-12-8-7-11-17(13(12)2)22-19(26)14(3)27-20-24-23-18(25(20)4)15-9-5-6-10-16(15)21/h5-6,9-10,12-14,17H,7-8,11H2,1-4H3,(H,22,26)/t12-,13-,14+,17-/m1/s1. The second kappa shape index (κ2) is 8.65. The summed E-state index contributed by atoms with van der Waals surface area (Å²) in [5.41, 5.74) is 0.836. The molecule has 27 heavy (non-hydrogen) atoms. The molecule has 1 saturated carbocycles. The van der Waals surface area contributed by atoms with Crippen LogP contribution < -0.4 is 5.32 Å². The van der Waals surface area contributed by atoms with E-state index >= 15 is 0 Å². The van der Waals surface area contributed by atoms with Crippen molar-refractivity contribution in [1.82, 2.24) is 20.1 Å². The number of nitrogens with one attached hydrogen (secondary N) is 1. The molecular formula is C20H27ClN4OS. The molecule has 1 N–H and O–H groups in total. The van der Waals surface area contributed by atoms with Crippen molar-refractivity contribution in [2.45, 2.75) is 56.5 Å². The Hall–Kier alpha value is -1.53. The summed E-state index contributed by atoms with van der Waals surface area (Å²) in [6, 6.07) is 7.83. The Morgan fingerprint density at radius 1 is 1.30 bits per heavy atom. The highest BCUT2D eigenvalue weighted by molar-refractivity contribution is 8.00. The summed E-state index contributed by atoms with van der Waals surface area (Å²) in [6.45, 7) is 6.43. The molecule has 0 radical (unpaired) electrons. The second-order valence-corrected chi connectivity index (χ2v) is 9.20. The molecule has 3 rings (SSSR count). The summed E-state index contributed by atoms with van der Waals surface area (Å²) in [6.07, 6.45) is 3.50. The zero-order chi connectivity index (χ0) is 19.6. The van der Waals surface area contributed by atoms with Gasteiger partial charge in [-0.1, -0.05) is 62.2 Å². The number of thioether (sulfide) groups is 1. The zero-order valence-corrected chi connectivity index (χ0v) is 17.8. The molecule has 7 heteroatoms. The highest BCUT2D eigenvalue weighted by Gasteiger charge is 2.30. The van der Waals surface area contributed by atoms with Crippen LogP contribution >= 0.6 is 23.4 Å². The molecule has 0 saturated heterocycles. The Balaban J connectivity index is 1.67. The minimum absolute atomic E-state index is 0.0632. The normalized spacial score (nSPS) is 23.8. The van der Waals surface area contributed by atoms with Gasteiger partial charge in [-0.15, -0.1) is 10.2 Å². The van der Waals surface area contributed by atoms with Gasteiger partial charge in [0.25, 0.3) is 0 Å². The fraction of sp³-hybridized carbons (Fsp3) is 0.550. The maximum absolute atomic E-state index is 12.7. The van der Waals surface area contributed by atoms with E-state index in [1.54, 1.807) is 0 Å². The molecule has 2 aromatic rings. The number of hydrogen-bond donors (Lipinski definition) is 1. The molecule has 0 spiro atoms. The third kappa shape index (κ3) is 4.49. The molecule has 1 aromatic heterocycles. The van der Waals surface area contributed by atoms with Gasteiger partial charge in [0.15, 0.2) is 11.0 Å². The van der Waals surface area contributed by atoms with E-state index in [-0.39, 0.29) is 17.2 Å². The van der Waals surface area contributed by atoms with Crippen molar-refractivity contribution in [2.24, 2.45) is 18.9 Å². The average Bonchev–Trinajstić information content (AvgIpc) is 3.00. The van der Waals surface area contributed by atoms with Gasteiger partial charge in [-0.2, -0.15) is 0 Å². The first-order valence-electron chi connectivity index (χ1n) is 9.49. The minimum Gasteiger partial charge on any atom is -0.352 e. The third-order valence-corrected chi connectivity index (χ3v) is 7.10. The number of benzene rings is 1. The van der Waals surface area contributed by atoms with Crippen molar-refractivity contribution < 1.29 is 4.79 Å². The average molecular weight is 407 g/mol. The first kappa shape index (κ1) is 20.2. The summed E-state index contributed by atoms with van der Waals surface area (Å²) in [5.74, 6) is 1.93. The lowest BCUT2D eigenvalue weighted by molar-refractivity contribution is -0.121. The van der Waals surface area contributed by atoms with Crippen molar-refractivity contribution >= 4 is 29.3 Å². The number of halogens is 1. The lowest BCUT2D eigenvalue weighted by atomic mass is 9.78. The lowest BCUT2D eigenvalue weighted by Gasteiger charge is -2.35. The van der Waals surface area contributed by atoms with Crippen molar-refractivity contribution in [2.75, 3.05) is 0 Å². The third-order valence-electron chi connectivity index (χ3n) is 5.64. The topological polar surface area (TPSA) is 59.8 Å². The number of hydrogen-bond acceptors (Lipinski definition) is 4.